The lowest BCUT2D eigenvalue weighted by molar-refractivity contribution is 1.66. The van der Waals surface area contributed by atoms with Gasteiger partial charge in [0.05, 0.1) is 0 Å². The van der Waals surface area contributed by atoms with E-state index < -0.39 is 0 Å². The summed E-state index contributed by atoms with van der Waals surface area (Å²) >= 11 is 5.16. The molecule has 0 aliphatic carbocycles. The molecule has 0 saturated heterocycles. The van der Waals surface area contributed by atoms with Gasteiger partial charge in [-0.25, -0.2) is 0 Å². The van der Waals surface area contributed by atoms with E-state index in [2.05, 4.69) is 0 Å². The van der Waals surface area contributed by atoms with Crippen molar-refractivity contribution >= 4 is 19.4 Å². The third-order valence-electron chi connectivity index (χ3n) is 0.432. The highest BCUT2D eigenvalue weighted by Crippen LogP contribution is 1.85. The molecule has 0 heterocycles. The summed E-state index contributed by atoms with van der Waals surface area (Å²) in [5.41, 5.74) is 2.17. The summed E-state index contributed by atoms with van der Waals surface area (Å²) in [6.07, 6.45) is 3.41. The summed E-state index contributed by atoms with van der Waals surface area (Å²) in [6, 6.07) is 0. The second-order valence-corrected chi connectivity index (χ2v) is 1.48. The van der Waals surface area contributed by atoms with Crippen LogP contribution in [0.25, 0.3) is 0 Å². The van der Waals surface area contributed by atoms with Crippen LogP contribution >= 0.6 is 11.6 Å². The number of hydrogen-bond donors (Lipinski definition) is 0. The minimum atomic E-state index is 0.761. The zero-order valence-electron chi connectivity index (χ0n) is 4.19. The fraction of sp³-hybridized carbons (Fsp3) is 0.200. The van der Waals surface area contributed by atoms with Crippen LogP contribution in [0, 0.1) is 0 Å². The minimum Gasteiger partial charge on any atom is -0.121 e. The van der Waals surface area contributed by atoms with Gasteiger partial charge >= 0.3 is 0 Å². The van der Waals surface area contributed by atoms with E-state index in [1.807, 2.05) is 0 Å². The first kappa shape index (κ1) is 6.83. The molecule has 7 heavy (non-hydrogen) atoms. The molecule has 0 rings (SSSR count). The van der Waals surface area contributed by atoms with E-state index >= 15 is 0 Å². The molecule has 2 heteroatoms. The topological polar surface area (TPSA) is 0 Å². The Morgan fingerprint density at radius 2 is 2.29 bits per heavy atom. The minimum absolute atomic E-state index is 0.761. The highest BCUT2D eigenvalue weighted by molar-refractivity contribution is 6.25. The monoisotopic (exact) mass is 112 g/mol. The van der Waals surface area contributed by atoms with E-state index in [1.54, 1.807) is 19.1 Å². The van der Waals surface area contributed by atoms with Gasteiger partial charge in [-0.05, 0) is 0 Å². The van der Waals surface area contributed by atoms with Crippen LogP contribution in [0.3, 0.4) is 0 Å². The van der Waals surface area contributed by atoms with Crippen molar-refractivity contribution in [2.45, 2.75) is 6.92 Å². The summed E-state index contributed by atoms with van der Waals surface area (Å²) in [5.74, 6) is 0. The molecule has 0 N–H and O–H groups in total. The van der Waals surface area contributed by atoms with Crippen LogP contribution in [0.5, 0.6) is 0 Å². The molecule has 0 atom stereocenters. The lowest BCUT2D eigenvalue weighted by atomic mass is 9.98. The van der Waals surface area contributed by atoms with E-state index in [4.69, 9.17) is 19.4 Å². The first-order valence-corrected chi connectivity index (χ1v) is 2.40. The van der Waals surface area contributed by atoms with E-state index in [0.29, 0.717) is 0 Å². The van der Waals surface area contributed by atoms with Crippen LogP contribution < -0.4 is 0 Å². The first-order chi connectivity index (χ1) is 3.27. The summed E-state index contributed by atoms with van der Waals surface area (Å²) in [6.45, 7) is 1.80. The largest absolute Gasteiger partial charge is 0.121 e. The molecule has 0 fully saturated rings. The van der Waals surface area contributed by atoms with Gasteiger partial charge in [-0.2, -0.15) is 0 Å². The van der Waals surface area contributed by atoms with Gasteiger partial charge in [-0.1, -0.05) is 30.7 Å². The molecule has 0 aromatic rings. The average molecular weight is 112 g/mol. The Morgan fingerprint density at radius 1 is 1.71 bits per heavy atom. The van der Waals surface area contributed by atoms with Crippen molar-refractivity contribution in [3.8, 4) is 0 Å². The van der Waals surface area contributed by atoms with Crippen molar-refractivity contribution in [1.82, 2.24) is 0 Å². The molecule has 0 aromatic heterocycles. The maximum atomic E-state index is 5.23. The van der Waals surface area contributed by atoms with Gasteiger partial charge in [-0.3, -0.25) is 0 Å². The summed E-state index contributed by atoms with van der Waals surface area (Å²) in [4.78, 5) is 0. The Bertz CT molecular complexity index is 90.3. The third kappa shape index (κ3) is 5.83. The van der Waals surface area contributed by atoms with E-state index in [1.165, 1.54) is 5.54 Å². The number of rotatable bonds is 1. The molecule has 0 bridgehead atoms. The maximum absolute atomic E-state index is 5.23. The molecule has 36 valence electrons. The van der Waals surface area contributed by atoms with Gasteiger partial charge in [0.1, 0.15) is 7.85 Å². The van der Waals surface area contributed by atoms with Gasteiger partial charge in [0, 0.05) is 5.54 Å². The normalized spacial score (nSPS) is 13.1. The molecule has 2 radical (unpaired) electrons. The Labute approximate surface area is 50.3 Å². The van der Waals surface area contributed by atoms with Crippen molar-refractivity contribution in [3.05, 3.63) is 23.2 Å². The van der Waals surface area contributed by atoms with Gasteiger partial charge in [0.2, 0.25) is 0 Å². The zero-order valence-corrected chi connectivity index (χ0v) is 4.94. The van der Waals surface area contributed by atoms with Crippen LogP contribution in [0.1, 0.15) is 6.92 Å². The van der Waals surface area contributed by atoms with E-state index in [-0.39, 0.29) is 0 Å². The van der Waals surface area contributed by atoms with Gasteiger partial charge in [0.25, 0.3) is 0 Å². The fourth-order valence-corrected chi connectivity index (χ4v) is 0.261. The van der Waals surface area contributed by atoms with Gasteiger partial charge in [0.15, 0.2) is 0 Å². The number of allylic oxidation sites excluding steroid dienone is 3. The first-order valence-electron chi connectivity index (χ1n) is 1.96. The van der Waals surface area contributed by atoms with Crippen molar-refractivity contribution in [2.75, 3.05) is 0 Å². The second kappa shape index (κ2) is 4.01. The Kier molecular flexibility index (Phi) is 3.91. The summed E-state index contributed by atoms with van der Waals surface area (Å²) in [7, 11) is 5.23. The Balaban J connectivity index is 3.46. The fourth-order valence-electron chi connectivity index (χ4n) is 0.188. The smallest absolute Gasteiger partial charge is 0.107 e. The van der Waals surface area contributed by atoms with Gasteiger partial charge in [-0.15, -0.1) is 5.47 Å². The molecule has 0 aromatic carbocycles. The van der Waals surface area contributed by atoms with E-state index in [9.17, 15) is 0 Å². The summed E-state index contributed by atoms with van der Waals surface area (Å²) < 4.78 is 0. The Hall–Kier alpha value is -0.165. The third-order valence-corrected chi connectivity index (χ3v) is 0.577. The molecule has 0 aliphatic heterocycles. The second-order valence-electron chi connectivity index (χ2n) is 1.23. The van der Waals surface area contributed by atoms with Crippen LogP contribution in [-0.4, -0.2) is 7.85 Å². The van der Waals surface area contributed by atoms with E-state index in [0.717, 1.165) is 5.47 Å². The van der Waals surface area contributed by atoms with Crippen molar-refractivity contribution < 1.29 is 0 Å². The predicted octanol–water partition coefficient (Wildman–Crippen LogP) is 1.81. The highest BCUT2D eigenvalue weighted by atomic mass is 35.5. The molecule has 0 saturated carbocycles. The number of hydrogen-bond acceptors (Lipinski definition) is 0. The molecular weight excluding hydrogens is 106 g/mol. The molecule has 0 amide bonds. The number of halogens is 1. The predicted molar refractivity (Wildman–Crippen MR) is 34.5 cm³/mol. The molecule has 0 unspecified atom stereocenters. The standard InChI is InChI=1S/C5H6BCl/c1-5(6)3-2-4-7/h2-4H,1H3/b4-2+,5-3+. The molecule has 0 spiro atoms. The molecule has 0 nitrogen and oxygen atoms in total. The van der Waals surface area contributed by atoms with Crippen LogP contribution in [0.4, 0.5) is 0 Å². The van der Waals surface area contributed by atoms with Crippen LogP contribution in [-0.2, 0) is 0 Å². The lowest BCUT2D eigenvalue weighted by Gasteiger charge is -1.77. The maximum Gasteiger partial charge on any atom is 0.107 e. The molecule has 0 aliphatic rings. The SMILES string of the molecule is [B]/C(C)=C/C=C/Cl. The highest BCUT2D eigenvalue weighted by Gasteiger charge is 1.66. The van der Waals surface area contributed by atoms with Crippen LogP contribution in [0.2, 0.25) is 0 Å². The zero-order chi connectivity index (χ0) is 5.70. The molecular formula is C5H6BCl. The quantitative estimate of drug-likeness (QED) is 0.358. The Morgan fingerprint density at radius 3 is 2.43 bits per heavy atom. The summed E-state index contributed by atoms with van der Waals surface area (Å²) in [5, 5.41) is 0. The van der Waals surface area contributed by atoms with Crippen LogP contribution in [0.15, 0.2) is 23.2 Å². The van der Waals surface area contributed by atoms with Crippen molar-refractivity contribution in [3.63, 3.8) is 0 Å². The lowest BCUT2D eigenvalue weighted by Crippen LogP contribution is -1.65. The van der Waals surface area contributed by atoms with Crippen molar-refractivity contribution in [1.29, 1.82) is 0 Å². The average Bonchev–Trinajstić information content (AvgIpc) is 1.61. The van der Waals surface area contributed by atoms with Gasteiger partial charge < -0.3 is 0 Å². The van der Waals surface area contributed by atoms with Crippen molar-refractivity contribution in [2.24, 2.45) is 0 Å².